The van der Waals surface area contributed by atoms with Crippen LogP contribution in [0, 0.1) is 17.9 Å². The summed E-state index contributed by atoms with van der Waals surface area (Å²) in [7, 11) is 0. The molecule has 5 nitrogen and oxygen atoms in total. The van der Waals surface area contributed by atoms with E-state index in [4.69, 9.17) is 6.57 Å². The Kier molecular flexibility index (Phi) is 6.61. The molecule has 0 aliphatic rings. The quantitative estimate of drug-likeness (QED) is 0.169. The molecular weight excluding hydrogens is 671 g/mol. The molecule has 0 amide bonds. The summed E-state index contributed by atoms with van der Waals surface area (Å²) < 4.78 is 6.94. The number of hydrogen-bond acceptors (Lipinski definition) is 1. The predicted octanol–water partition coefficient (Wildman–Crippen LogP) is 13.1. The van der Waals surface area contributed by atoms with Gasteiger partial charge in [0.25, 0.3) is 0 Å². The molecule has 0 saturated heterocycles. The first-order valence-corrected chi connectivity index (χ1v) is 18.3. The van der Waals surface area contributed by atoms with Gasteiger partial charge in [-0.15, -0.1) is 0 Å². The molecular formula is C50H29N5. The second kappa shape index (κ2) is 11.8. The van der Waals surface area contributed by atoms with Gasteiger partial charge in [-0.05, 0) is 83.7 Å². The largest absolute Gasteiger partial charge is 0.309 e. The normalized spacial score (nSPS) is 11.6. The lowest BCUT2D eigenvalue weighted by molar-refractivity contribution is 1.16. The number of hydrogen-bond donors (Lipinski definition) is 0. The van der Waals surface area contributed by atoms with Gasteiger partial charge < -0.3 is 13.7 Å². The smallest absolute Gasteiger partial charge is 0.188 e. The van der Waals surface area contributed by atoms with E-state index in [0.717, 1.165) is 72.1 Å². The van der Waals surface area contributed by atoms with E-state index < -0.39 is 0 Å². The van der Waals surface area contributed by atoms with Crippen LogP contribution in [0.5, 0.6) is 0 Å². The van der Waals surface area contributed by atoms with Gasteiger partial charge in [-0.1, -0.05) is 103 Å². The van der Waals surface area contributed by atoms with Crippen molar-refractivity contribution in [2.45, 2.75) is 0 Å². The predicted molar refractivity (Wildman–Crippen MR) is 226 cm³/mol. The lowest BCUT2D eigenvalue weighted by Gasteiger charge is -2.16. The summed E-state index contributed by atoms with van der Waals surface area (Å²) in [4.78, 5) is 3.85. The Morgan fingerprint density at radius 1 is 0.436 bits per heavy atom. The highest BCUT2D eigenvalue weighted by atomic mass is 15.0. The third kappa shape index (κ3) is 4.45. The van der Waals surface area contributed by atoms with Crippen LogP contribution < -0.4 is 0 Å². The fourth-order valence-corrected chi connectivity index (χ4v) is 8.81. The minimum atomic E-state index is 0.566. The Labute approximate surface area is 316 Å². The van der Waals surface area contributed by atoms with E-state index in [1.165, 1.54) is 21.5 Å². The Balaban J connectivity index is 1.21. The maximum absolute atomic E-state index is 10.5. The van der Waals surface area contributed by atoms with Crippen LogP contribution in [0.25, 0.3) is 98.5 Å². The first kappa shape index (κ1) is 30.7. The van der Waals surface area contributed by atoms with Crippen molar-refractivity contribution in [3.05, 3.63) is 193 Å². The Hall–Kier alpha value is -7.86. The highest BCUT2D eigenvalue weighted by molar-refractivity contribution is 6.17. The highest BCUT2D eigenvalue weighted by Gasteiger charge is 2.21. The average Bonchev–Trinajstić information content (AvgIpc) is 3.89. The zero-order chi connectivity index (χ0) is 36.6. The molecule has 254 valence electrons. The van der Waals surface area contributed by atoms with E-state index in [1.807, 2.05) is 30.3 Å². The van der Waals surface area contributed by atoms with Gasteiger partial charge in [0.05, 0.1) is 62.7 Å². The van der Waals surface area contributed by atoms with Crippen molar-refractivity contribution in [2.24, 2.45) is 0 Å². The number of rotatable bonds is 4. The summed E-state index contributed by atoms with van der Waals surface area (Å²) in [5.74, 6) is 0. The van der Waals surface area contributed by atoms with Crippen LogP contribution in [0.15, 0.2) is 176 Å². The first-order chi connectivity index (χ1) is 27.2. The molecule has 0 aliphatic heterocycles. The second-order valence-corrected chi connectivity index (χ2v) is 14.0. The van der Waals surface area contributed by atoms with Crippen molar-refractivity contribution in [2.75, 3.05) is 0 Å². The number of nitriles is 1. The van der Waals surface area contributed by atoms with Gasteiger partial charge >= 0.3 is 0 Å². The summed E-state index contributed by atoms with van der Waals surface area (Å²) in [5, 5.41) is 17.3. The molecule has 0 bridgehead atoms. The molecule has 0 spiro atoms. The molecule has 5 heteroatoms. The van der Waals surface area contributed by atoms with E-state index >= 15 is 0 Å². The number of benzene rings is 8. The van der Waals surface area contributed by atoms with Crippen molar-refractivity contribution in [1.29, 1.82) is 5.26 Å². The molecule has 0 N–H and O–H groups in total. The van der Waals surface area contributed by atoms with Crippen molar-refractivity contribution in [3.8, 4) is 34.3 Å². The van der Waals surface area contributed by atoms with Gasteiger partial charge in [-0.3, -0.25) is 0 Å². The molecule has 0 unspecified atom stereocenters. The fourth-order valence-electron chi connectivity index (χ4n) is 8.81. The summed E-state index contributed by atoms with van der Waals surface area (Å²) in [6.07, 6.45) is 0. The Morgan fingerprint density at radius 3 is 1.55 bits per heavy atom. The minimum absolute atomic E-state index is 0.566. The fraction of sp³-hybridized carbons (Fsp3) is 0. The van der Waals surface area contributed by atoms with Crippen LogP contribution in [-0.4, -0.2) is 13.7 Å². The van der Waals surface area contributed by atoms with E-state index in [2.05, 4.69) is 170 Å². The van der Waals surface area contributed by atoms with Gasteiger partial charge in [0.1, 0.15) is 0 Å². The van der Waals surface area contributed by atoms with Crippen LogP contribution in [0.2, 0.25) is 0 Å². The molecule has 11 aromatic rings. The lowest BCUT2D eigenvalue weighted by Crippen LogP contribution is -2.00. The van der Waals surface area contributed by atoms with E-state index in [1.54, 1.807) is 0 Å². The average molecular weight is 700 g/mol. The van der Waals surface area contributed by atoms with Crippen molar-refractivity contribution < 1.29 is 0 Å². The van der Waals surface area contributed by atoms with E-state index in [9.17, 15) is 5.26 Å². The third-order valence-electron chi connectivity index (χ3n) is 11.0. The van der Waals surface area contributed by atoms with Crippen LogP contribution >= 0.6 is 0 Å². The lowest BCUT2D eigenvalue weighted by atomic mass is 10.00. The highest BCUT2D eigenvalue weighted by Crippen LogP contribution is 2.42. The monoisotopic (exact) mass is 699 g/mol. The summed E-state index contributed by atoms with van der Waals surface area (Å²) >= 11 is 0. The molecule has 0 aliphatic carbocycles. The SMILES string of the molecule is [C-]#[N+]c1ccc2c(c1)c1c(-n3c4ccccc4c4ccccc43)cccc1n2-c1cc(C#N)cc(-c2ccccc2-n2c3ccccc3c3ccccc32)c1. The van der Waals surface area contributed by atoms with Crippen LogP contribution in [0.3, 0.4) is 0 Å². The molecule has 11 rings (SSSR count). The van der Waals surface area contributed by atoms with Crippen molar-refractivity contribution >= 4 is 71.1 Å². The topological polar surface area (TPSA) is 42.9 Å². The number of para-hydroxylation sites is 5. The number of fused-ring (bicyclic) bond motifs is 9. The first-order valence-electron chi connectivity index (χ1n) is 18.3. The van der Waals surface area contributed by atoms with E-state index in [-0.39, 0.29) is 0 Å². The van der Waals surface area contributed by atoms with Crippen LogP contribution in [-0.2, 0) is 0 Å². The molecule has 8 aromatic carbocycles. The molecule has 0 fully saturated rings. The van der Waals surface area contributed by atoms with Gasteiger partial charge in [-0.25, -0.2) is 4.85 Å². The molecule has 3 heterocycles. The number of aromatic nitrogens is 3. The second-order valence-electron chi connectivity index (χ2n) is 14.0. The molecule has 0 radical (unpaired) electrons. The molecule has 0 atom stereocenters. The zero-order valence-electron chi connectivity index (χ0n) is 29.5. The summed E-state index contributed by atoms with van der Waals surface area (Å²) in [6, 6.07) is 63.6. The maximum atomic E-state index is 10.5. The molecule has 0 saturated carbocycles. The minimum Gasteiger partial charge on any atom is -0.309 e. The standard InChI is InChI=1S/C50H29N5/c1-52-34-25-26-47-41(30-34)50-48(23-12-24-49(50)55-45-21-10-5-16-39(45)40-17-6-11-22-46(40)55)53(47)35-28-32(31-51)27-33(29-35)36-13-2-7-18-42(36)54-43-19-8-3-14-37(43)38-15-4-9-20-44(38)54/h2-30H. The van der Waals surface area contributed by atoms with Gasteiger partial charge in [-0.2, -0.15) is 5.26 Å². The van der Waals surface area contributed by atoms with Gasteiger partial charge in [0.15, 0.2) is 5.69 Å². The molecule has 55 heavy (non-hydrogen) atoms. The zero-order valence-corrected chi connectivity index (χ0v) is 29.5. The van der Waals surface area contributed by atoms with Crippen molar-refractivity contribution in [3.63, 3.8) is 0 Å². The van der Waals surface area contributed by atoms with Crippen LogP contribution in [0.4, 0.5) is 5.69 Å². The van der Waals surface area contributed by atoms with Gasteiger partial charge in [0.2, 0.25) is 0 Å². The third-order valence-corrected chi connectivity index (χ3v) is 11.0. The van der Waals surface area contributed by atoms with Crippen molar-refractivity contribution in [1.82, 2.24) is 13.7 Å². The Bertz CT molecular complexity index is 3360. The maximum Gasteiger partial charge on any atom is 0.188 e. The van der Waals surface area contributed by atoms with E-state index in [0.29, 0.717) is 11.3 Å². The van der Waals surface area contributed by atoms with Crippen LogP contribution in [0.1, 0.15) is 5.56 Å². The number of nitrogens with zero attached hydrogens (tertiary/aromatic N) is 5. The molecule has 3 aromatic heterocycles. The van der Waals surface area contributed by atoms with Gasteiger partial charge in [0, 0.05) is 38.2 Å². The summed E-state index contributed by atoms with van der Waals surface area (Å²) in [5.41, 5.74) is 12.5. The Morgan fingerprint density at radius 2 is 0.945 bits per heavy atom. The summed E-state index contributed by atoms with van der Waals surface area (Å²) in [6.45, 7) is 7.94.